The first-order chi connectivity index (χ1) is 11.8. The summed E-state index contributed by atoms with van der Waals surface area (Å²) in [7, 11) is -0.376. The molecule has 25 heavy (non-hydrogen) atoms. The molecule has 1 saturated heterocycles. The predicted molar refractivity (Wildman–Crippen MR) is 93.5 cm³/mol. The van der Waals surface area contributed by atoms with Crippen LogP contribution in [0.4, 0.5) is 4.39 Å². The number of benzene rings is 1. The van der Waals surface area contributed by atoms with E-state index < -0.39 is 15.8 Å². The lowest BCUT2D eigenvalue weighted by molar-refractivity contribution is 0.182. The first-order valence-electron chi connectivity index (χ1n) is 7.76. The van der Waals surface area contributed by atoms with E-state index in [1.54, 1.807) is 23.0 Å². The SMILES string of the molecule is CN(C)S(=O)(=O)C[C@@H]1COC[C@H]1n1ccnc1-c1c(F)cccc1Cl. The van der Waals surface area contributed by atoms with Crippen LogP contribution in [0.3, 0.4) is 0 Å². The van der Waals surface area contributed by atoms with E-state index in [1.165, 1.54) is 30.5 Å². The van der Waals surface area contributed by atoms with Crippen LogP contribution in [-0.4, -0.2) is 55.3 Å². The summed E-state index contributed by atoms with van der Waals surface area (Å²) in [5, 5.41) is 0.254. The van der Waals surface area contributed by atoms with E-state index in [1.807, 2.05) is 0 Å². The Kier molecular flexibility index (Phi) is 5.15. The number of imidazole rings is 1. The van der Waals surface area contributed by atoms with Gasteiger partial charge in [-0.2, -0.15) is 0 Å². The number of nitrogens with zero attached hydrogens (tertiary/aromatic N) is 3. The normalized spacial score (nSPS) is 21.2. The van der Waals surface area contributed by atoms with Crippen molar-refractivity contribution in [1.82, 2.24) is 13.9 Å². The maximum absolute atomic E-state index is 14.3. The Labute approximate surface area is 151 Å². The molecule has 1 aromatic carbocycles. The largest absolute Gasteiger partial charge is 0.379 e. The van der Waals surface area contributed by atoms with Crippen LogP contribution in [0.25, 0.3) is 11.4 Å². The molecule has 0 spiro atoms. The van der Waals surface area contributed by atoms with Gasteiger partial charge in [-0.25, -0.2) is 22.1 Å². The highest BCUT2D eigenvalue weighted by atomic mass is 35.5. The van der Waals surface area contributed by atoms with Crippen molar-refractivity contribution in [3.63, 3.8) is 0 Å². The minimum absolute atomic E-state index is 0.0483. The van der Waals surface area contributed by atoms with Gasteiger partial charge in [-0.05, 0) is 12.1 Å². The molecular weight excluding hydrogens is 369 g/mol. The molecule has 1 aromatic heterocycles. The van der Waals surface area contributed by atoms with Gasteiger partial charge in [0, 0.05) is 32.4 Å². The van der Waals surface area contributed by atoms with Crippen molar-refractivity contribution in [3.05, 3.63) is 41.4 Å². The number of rotatable bonds is 5. The number of sulfonamides is 1. The van der Waals surface area contributed by atoms with Gasteiger partial charge in [0.2, 0.25) is 10.0 Å². The lowest BCUT2D eigenvalue weighted by atomic mass is 10.1. The Balaban J connectivity index is 1.97. The Hall–Kier alpha value is -1.48. The second-order valence-electron chi connectivity index (χ2n) is 6.18. The molecule has 0 bridgehead atoms. The van der Waals surface area contributed by atoms with Crippen LogP contribution in [0.2, 0.25) is 5.02 Å². The van der Waals surface area contributed by atoms with Crippen LogP contribution >= 0.6 is 11.6 Å². The zero-order chi connectivity index (χ0) is 18.2. The van der Waals surface area contributed by atoms with Gasteiger partial charge in [0.15, 0.2) is 0 Å². The van der Waals surface area contributed by atoms with Crippen LogP contribution in [0.15, 0.2) is 30.6 Å². The molecule has 0 saturated carbocycles. The maximum Gasteiger partial charge on any atom is 0.214 e. The van der Waals surface area contributed by atoms with E-state index in [0.29, 0.717) is 19.0 Å². The van der Waals surface area contributed by atoms with Gasteiger partial charge >= 0.3 is 0 Å². The third kappa shape index (κ3) is 3.57. The average molecular weight is 388 g/mol. The van der Waals surface area contributed by atoms with Crippen molar-refractivity contribution >= 4 is 21.6 Å². The van der Waals surface area contributed by atoms with Crippen molar-refractivity contribution in [2.24, 2.45) is 5.92 Å². The van der Waals surface area contributed by atoms with E-state index in [4.69, 9.17) is 16.3 Å². The van der Waals surface area contributed by atoms with Gasteiger partial charge in [0.1, 0.15) is 11.6 Å². The molecule has 0 radical (unpaired) electrons. The molecule has 0 unspecified atom stereocenters. The molecule has 1 aliphatic heterocycles. The first-order valence-corrected chi connectivity index (χ1v) is 9.75. The lowest BCUT2D eigenvalue weighted by Crippen LogP contribution is -2.32. The summed E-state index contributed by atoms with van der Waals surface area (Å²) in [5.74, 6) is -0.416. The summed E-state index contributed by atoms with van der Waals surface area (Å²) in [4.78, 5) is 4.24. The number of hydrogen-bond acceptors (Lipinski definition) is 4. The summed E-state index contributed by atoms with van der Waals surface area (Å²) in [5.41, 5.74) is 0.204. The number of ether oxygens (including phenoxy) is 1. The van der Waals surface area contributed by atoms with Crippen molar-refractivity contribution in [1.29, 1.82) is 0 Å². The van der Waals surface area contributed by atoms with Crippen molar-refractivity contribution in [2.45, 2.75) is 6.04 Å². The Morgan fingerprint density at radius 1 is 1.40 bits per heavy atom. The van der Waals surface area contributed by atoms with E-state index >= 15 is 0 Å². The molecule has 3 rings (SSSR count). The molecule has 0 amide bonds. The van der Waals surface area contributed by atoms with Gasteiger partial charge in [-0.3, -0.25) is 0 Å². The van der Waals surface area contributed by atoms with Crippen LogP contribution in [0.1, 0.15) is 6.04 Å². The summed E-state index contributed by atoms with van der Waals surface area (Å²) >= 11 is 6.16. The van der Waals surface area contributed by atoms with E-state index in [-0.39, 0.29) is 28.3 Å². The summed E-state index contributed by atoms with van der Waals surface area (Å²) in [6, 6.07) is 4.18. The summed E-state index contributed by atoms with van der Waals surface area (Å²) in [6.45, 7) is 0.656. The van der Waals surface area contributed by atoms with Gasteiger partial charge < -0.3 is 9.30 Å². The minimum atomic E-state index is -3.38. The highest BCUT2D eigenvalue weighted by Crippen LogP contribution is 2.35. The molecule has 136 valence electrons. The molecule has 2 aromatic rings. The van der Waals surface area contributed by atoms with E-state index in [9.17, 15) is 12.8 Å². The Morgan fingerprint density at radius 2 is 2.16 bits per heavy atom. The summed E-state index contributed by atoms with van der Waals surface area (Å²) < 4.78 is 47.2. The predicted octanol–water partition coefficient (Wildman–Crippen LogP) is 2.42. The highest BCUT2D eigenvalue weighted by Gasteiger charge is 2.35. The van der Waals surface area contributed by atoms with Gasteiger partial charge in [0.25, 0.3) is 0 Å². The molecule has 0 N–H and O–H groups in total. The fraction of sp³-hybridized carbons (Fsp3) is 0.438. The van der Waals surface area contributed by atoms with E-state index in [2.05, 4.69) is 4.98 Å². The number of halogens is 2. The van der Waals surface area contributed by atoms with Gasteiger partial charge in [0.05, 0.1) is 35.6 Å². The third-order valence-electron chi connectivity index (χ3n) is 4.36. The lowest BCUT2D eigenvalue weighted by Gasteiger charge is -2.23. The second-order valence-corrected chi connectivity index (χ2v) is 8.82. The quantitative estimate of drug-likeness (QED) is 0.790. The molecular formula is C16H19ClFN3O3S. The smallest absolute Gasteiger partial charge is 0.214 e. The van der Waals surface area contributed by atoms with Crippen LogP contribution < -0.4 is 0 Å². The first kappa shape index (κ1) is 18.3. The van der Waals surface area contributed by atoms with Gasteiger partial charge in [-0.15, -0.1) is 0 Å². The summed E-state index contributed by atoms with van der Waals surface area (Å²) in [6.07, 6.45) is 3.25. The second kappa shape index (κ2) is 7.03. The van der Waals surface area contributed by atoms with Crippen molar-refractivity contribution in [2.75, 3.05) is 33.1 Å². The average Bonchev–Trinajstić information content (AvgIpc) is 3.15. The fourth-order valence-electron chi connectivity index (χ4n) is 2.96. The maximum atomic E-state index is 14.3. The Bertz CT molecular complexity index is 849. The zero-order valence-electron chi connectivity index (χ0n) is 13.9. The molecule has 6 nitrogen and oxygen atoms in total. The third-order valence-corrected chi connectivity index (χ3v) is 6.64. The molecule has 1 aliphatic rings. The van der Waals surface area contributed by atoms with Crippen LogP contribution in [0.5, 0.6) is 0 Å². The van der Waals surface area contributed by atoms with Crippen molar-refractivity contribution in [3.8, 4) is 11.4 Å². The monoisotopic (exact) mass is 387 g/mol. The fourth-order valence-corrected chi connectivity index (χ4v) is 4.36. The molecule has 9 heteroatoms. The molecule has 1 fully saturated rings. The zero-order valence-corrected chi connectivity index (χ0v) is 15.5. The molecule has 2 heterocycles. The number of aromatic nitrogens is 2. The highest BCUT2D eigenvalue weighted by molar-refractivity contribution is 7.89. The van der Waals surface area contributed by atoms with Crippen molar-refractivity contribution < 1.29 is 17.5 Å². The van der Waals surface area contributed by atoms with Crippen LogP contribution in [0, 0.1) is 11.7 Å². The standard InChI is InChI=1S/C16H19ClFN3O3S/c1-20(2)25(22,23)10-11-8-24-9-14(11)21-7-6-19-16(21)15-12(17)4-3-5-13(15)18/h3-7,11,14H,8-10H2,1-2H3/t11-,14+/m0/s1. The number of hydrogen-bond donors (Lipinski definition) is 0. The van der Waals surface area contributed by atoms with E-state index in [0.717, 1.165) is 0 Å². The Morgan fingerprint density at radius 3 is 2.84 bits per heavy atom. The minimum Gasteiger partial charge on any atom is -0.379 e. The van der Waals surface area contributed by atoms with Gasteiger partial charge in [-0.1, -0.05) is 17.7 Å². The molecule has 2 atom stereocenters. The van der Waals surface area contributed by atoms with Crippen LogP contribution in [-0.2, 0) is 14.8 Å². The molecule has 0 aliphatic carbocycles. The topological polar surface area (TPSA) is 64.4 Å².